The van der Waals surface area contributed by atoms with Gasteiger partial charge in [-0.1, -0.05) is 42.5 Å². The summed E-state index contributed by atoms with van der Waals surface area (Å²) in [5, 5.41) is 19.3. The van der Waals surface area contributed by atoms with E-state index in [1.54, 1.807) is 13.0 Å². The lowest BCUT2D eigenvalue weighted by molar-refractivity contribution is -0.384. The number of benzene rings is 2. The highest BCUT2D eigenvalue weighted by molar-refractivity contribution is 5.80. The van der Waals surface area contributed by atoms with E-state index in [9.17, 15) is 19.7 Å². The predicted molar refractivity (Wildman–Crippen MR) is 108 cm³/mol. The van der Waals surface area contributed by atoms with Crippen molar-refractivity contribution in [3.05, 3.63) is 92.1 Å². The summed E-state index contributed by atoms with van der Waals surface area (Å²) in [6, 6.07) is 15.2. The van der Waals surface area contributed by atoms with Crippen molar-refractivity contribution in [3.63, 3.8) is 0 Å². The van der Waals surface area contributed by atoms with Crippen LogP contribution >= 0.6 is 0 Å². The number of nitrogens with zero attached hydrogens (tertiary/aromatic N) is 5. The van der Waals surface area contributed by atoms with E-state index in [4.69, 9.17) is 4.74 Å². The molecule has 0 aliphatic rings. The van der Waals surface area contributed by atoms with Crippen LogP contribution in [0, 0.1) is 10.1 Å². The molecular formula is C20H19N5O5. The van der Waals surface area contributed by atoms with E-state index in [2.05, 4.69) is 10.2 Å². The highest BCUT2D eigenvalue weighted by Gasteiger charge is 2.16. The van der Waals surface area contributed by atoms with E-state index in [-0.39, 0.29) is 18.8 Å². The standard InChI is InChI=1S/C20H19N5O5/c1-2-30-19(26)14-23-20(27)24(18(22-23)12-15-7-4-3-5-8-15)21-13-16-9-6-10-17(11-16)25(28)29/h3-11,13H,2,12,14H2,1H3/b21-13+. The van der Waals surface area contributed by atoms with Crippen molar-refractivity contribution < 1.29 is 14.5 Å². The Hall–Kier alpha value is -4.08. The van der Waals surface area contributed by atoms with E-state index in [1.165, 1.54) is 24.4 Å². The molecule has 10 heteroatoms. The van der Waals surface area contributed by atoms with Gasteiger partial charge in [0.2, 0.25) is 0 Å². The van der Waals surface area contributed by atoms with Gasteiger partial charge in [0.25, 0.3) is 5.69 Å². The summed E-state index contributed by atoms with van der Waals surface area (Å²) in [5.74, 6) is -0.268. The van der Waals surface area contributed by atoms with Crippen molar-refractivity contribution in [2.45, 2.75) is 19.9 Å². The molecule has 154 valence electrons. The van der Waals surface area contributed by atoms with Gasteiger partial charge in [0.15, 0.2) is 5.82 Å². The topological polar surface area (TPSA) is 122 Å². The van der Waals surface area contributed by atoms with Crippen molar-refractivity contribution in [2.75, 3.05) is 6.61 Å². The van der Waals surface area contributed by atoms with Crippen LogP contribution in [-0.2, 0) is 22.5 Å². The number of hydrogen-bond donors (Lipinski definition) is 0. The zero-order valence-corrected chi connectivity index (χ0v) is 16.2. The van der Waals surface area contributed by atoms with Crippen molar-refractivity contribution >= 4 is 17.9 Å². The van der Waals surface area contributed by atoms with E-state index >= 15 is 0 Å². The molecule has 0 spiro atoms. The minimum absolute atomic E-state index is 0.0891. The molecule has 0 amide bonds. The molecule has 3 aromatic rings. The monoisotopic (exact) mass is 409 g/mol. The van der Waals surface area contributed by atoms with Crippen molar-refractivity contribution in [3.8, 4) is 0 Å². The smallest absolute Gasteiger partial charge is 0.367 e. The summed E-state index contributed by atoms with van der Waals surface area (Å²) >= 11 is 0. The lowest BCUT2D eigenvalue weighted by Gasteiger charge is -2.00. The van der Waals surface area contributed by atoms with Gasteiger partial charge >= 0.3 is 11.7 Å². The number of nitro groups is 1. The Bertz CT molecular complexity index is 1130. The maximum Gasteiger partial charge on any atom is 0.367 e. The van der Waals surface area contributed by atoms with Gasteiger partial charge in [-0.25, -0.2) is 9.48 Å². The van der Waals surface area contributed by atoms with Crippen LogP contribution in [0.1, 0.15) is 23.9 Å². The largest absolute Gasteiger partial charge is 0.465 e. The van der Waals surface area contributed by atoms with Crippen molar-refractivity contribution in [1.29, 1.82) is 0 Å². The Balaban J connectivity index is 1.97. The molecule has 0 radical (unpaired) electrons. The molecule has 0 saturated carbocycles. The van der Waals surface area contributed by atoms with E-state index in [1.807, 2.05) is 30.3 Å². The van der Waals surface area contributed by atoms with E-state index in [0.29, 0.717) is 17.8 Å². The normalized spacial score (nSPS) is 11.0. The molecule has 0 N–H and O–H groups in total. The SMILES string of the molecule is CCOC(=O)Cn1nc(Cc2ccccc2)n(/N=C/c2cccc([N+](=O)[O-])c2)c1=O. The Labute approximate surface area is 171 Å². The fourth-order valence-corrected chi connectivity index (χ4v) is 2.72. The second kappa shape index (κ2) is 9.41. The number of carbonyl (C=O) groups is 1. The zero-order valence-electron chi connectivity index (χ0n) is 16.2. The van der Waals surface area contributed by atoms with Gasteiger partial charge < -0.3 is 4.74 Å². The van der Waals surface area contributed by atoms with Gasteiger partial charge in [-0.15, -0.1) is 0 Å². The lowest BCUT2D eigenvalue weighted by Crippen LogP contribution is -2.27. The number of aromatic nitrogens is 3. The Morgan fingerprint density at radius 3 is 2.70 bits per heavy atom. The molecule has 0 fully saturated rings. The number of non-ortho nitro benzene ring substituents is 1. The Kier molecular flexibility index (Phi) is 6.48. The molecule has 30 heavy (non-hydrogen) atoms. The summed E-state index contributed by atoms with van der Waals surface area (Å²) in [7, 11) is 0. The van der Waals surface area contributed by atoms with Gasteiger partial charge in [0, 0.05) is 24.1 Å². The molecule has 1 heterocycles. The lowest BCUT2D eigenvalue weighted by atomic mass is 10.1. The molecule has 0 aliphatic heterocycles. The number of carbonyl (C=O) groups excluding carboxylic acids is 1. The third-order valence-corrected chi connectivity index (χ3v) is 4.08. The minimum Gasteiger partial charge on any atom is -0.465 e. The zero-order chi connectivity index (χ0) is 21.5. The predicted octanol–water partition coefficient (Wildman–Crippen LogP) is 1.99. The fraction of sp³-hybridized carbons (Fsp3) is 0.200. The van der Waals surface area contributed by atoms with Gasteiger partial charge in [-0.2, -0.15) is 14.9 Å². The average Bonchev–Trinajstić information content (AvgIpc) is 3.01. The molecule has 0 unspecified atom stereocenters. The number of nitro benzene ring substituents is 1. The molecule has 2 aromatic carbocycles. The number of ether oxygens (including phenoxy) is 1. The fourth-order valence-electron chi connectivity index (χ4n) is 2.72. The van der Waals surface area contributed by atoms with Crippen LogP contribution in [-0.4, -0.2) is 38.2 Å². The first-order valence-electron chi connectivity index (χ1n) is 9.15. The molecule has 0 atom stereocenters. The number of hydrogen-bond acceptors (Lipinski definition) is 7. The Morgan fingerprint density at radius 2 is 2.00 bits per heavy atom. The number of esters is 1. The van der Waals surface area contributed by atoms with Crippen molar-refractivity contribution in [1.82, 2.24) is 14.5 Å². The molecular weight excluding hydrogens is 390 g/mol. The van der Waals surface area contributed by atoms with Crippen LogP contribution in [0.25, 0.3) is 0 Å². The van der Waals surface area contributed by atoms with Crippen LogP contribution in [0.15, 0.2) is 64.5 Å². The Morgan fingerprint density at radius 1 is 1.23 bits per heavy atom. The minimum atomic E-state index is -0.615. The van der Waals surface area contributed by atoms with Gasteiger partial charge in [-0.05, 0) is 12.5 Å². The summed E-state index contributed by atoms with van der Waals surface area (Å²) < 4.78 is 6.94. The van der Waals surface area contributed by atoms with Crippen LogP contribution in [0.5, 0.6) is 0 Å². The first kappa shape index (κ1) is 20.6. The first-order chi connectivity index (χ1) is 14.5. The van der Waals surface area contributed by atoms with Crippen molar-refractivity contribution in [2.24, 2.45) is 5.10 Å². The third kappa shape index (κ3) is 5.04. The van der Waals surface area contributed by atoms with E-state index < -0.39 is 16.6 Å². The summed E-state index contributed by atoms with van der Waals surface area (Å²) in [5.41, 5.74) is 0.641. The van der Waals surface area contributed by atoms with Gasteiger partial charge in [0.1, 0.15) is 6.54 Å². The highest BCUT2D eigenvalue weighted by Crippen LogP contribution is 2.12. The summed E-state index contributed by atoms with van der Waals surface area (Å²) in [6.07, 6.45) is 1.64. The van der Waals surface area contributed by atoms with Gasteiger partial charge in [0.05, 0.1) is 17.7 Å². The maximum absolute atomic E-state index is 12.7. The molecule has 0 bridgehead atoms. The highest BCUT2D eigenvalue weighted by atomic mass is 16.6. The summed E-state index contributed by atoms with van der Waals surface area (Å²) in [6.45, 7) is 1.52. The summed E-state index contributed by atoms with van der Waals surface area (Å²) in [4.78, 5) is 35.0. The molecule has 0 aliphatic carbocycles. The van der Waals surface area contributed by atoms with Gasteiger partial charge in [-0.3, -0.25) is 14.9 Å². The average molecular weight is 409 g/mol. The van der Waals surface area contributed by atoms with Crippen LogP contribution in [0.4, 0.5) is 5.69 Å². The van der Waals surface area contributed by atoms with Crippen LogP contribution in [0.2, 0.25) is 0 Å². The third-order valence-electron chi connectivity index (χ3n) is 4.08. The molecule has 1 aromatic heterocycles. The van der Waals surface area contributed by atoms with Crippen LogP contribution in [0.3, 0.4) is 0 Å². The quantitative estimate of drug-likeness (QED) is 0.243. The second-order valence-corrected chi connectivity index (χ2v) is 6.23. The molecule has 0 saturated heterocycles. The maximum atomic E-state index is 12.7. The first-order valence-corrected chi connectivity index (χ1v) is 9.15. The molecule has 10 nitrogen and oxygen atoms in total. The molecule has 3 rings (SSSR count). The van der Waals surface area contributed by atoms with E-state index in [0.717, 1.165) is 14.9 Å². The van der Waals surface area contributed by atoms with Crippen LogP contribution < -0.4 is 5.69 Å². The second-order valence-electron chi connectivity index (χ2n) is 6.23. The number of rotatable bonds is 8.